The highest BCUT2D eigenvalue weighted by atomic mass is 14.2. The van der Waals surface area contributed by atoms with Gasteiger partial charge in [-0.3, -0.25) is 0 Å². The average Bonchev–Trinajstić information content (AvgIpc) is 2.30. The molecule has 0 amide bonds. The standard InChI is InChI=1S/C12H18.C4H8.BH/c1-5-12(3,4)11-8-6-10(2)7-9-11;1-2-4-3-1;/h6-9H,5H2,1-4H3;1-4H2;1H/i;;1D. The number of aryl methyl sites for hydroxylation is 1. The second-order valence-electron chi connectivity index (χ2n) is 5.52. The molecule has 0 spiro atoms. The van der Waals surface area contributed by atoms with Gasteiger partial charge in [0.1, 0.15) is 0 Å². The summed E-state index contributed by atoms with van der Waals surface area (Å²) in [4.78, 5) is 0. The smallest absolute Gasteiger partial charge is 0.0379 e. The fraction of sp³-hybridized carbons (Fsp3) is 0.625. The minimum absolute atomic E-state index is 0.327. The van der Waals surface area contributed by atoms with Crippen LogP contribution in [0.1, 0.15) is 64.0 Å². The molecular weight excluding hydrogens is 203 g/mol. The zero-order valence-electron chi connectivity index (χ0n) is 12.9. The molecule has 1 saturated carbocycles. The molecule has 1 aliphatic carbocycles. The van der Waals surface area contributed by atoms with Gasteiger partial charge in [-0.25, -0.2) is 0 Å². The molecule has 1 heteroatoms. The quantitative estimate of drug-likeness (QED) is 0.653. The summed E-state index contributed by atoms with van der Waals surface area (Å²) in [5, 5.41) is 0. The van der Waals surface area contributed by atoms with E-state index in [0.717, 1.165) is 0 Å². The van der Waals surface area contributed by atoms with E-state index in [1.165, 1.54) is 43.2 Å². The molecule has 0 saturated heterocycles. The zero-order valence-corrected chi connectivity index (χ0v) is 11.9. The Bertz CT molecular complexity index is 295. The van der Waals surface area contributed by atoms with E-state index in [0.29, 0.717) is 5.41 Å². The van der Waals surface area contributed by atoms with Gasteiger partial charge in [0.15, 0.2) is 0 Å². The summed E-state index contributed by atoms with van der Waals surface area (Å²) < 4.78 is 5.25. The predicted octanol–water partition coefficient (Wildman–Crippen LogP) is 4.59. The first-order valence-electron chi connectivity index (χ1n) is 7.21. The first-order chi connectivity index (χ1) is 8.56. The van der Waals surface area contributed by atoms with Crippen molar-refractivity contribution in [1.82, 2.24) is 0 Å². The largest absolute Gasteiger partial charge is 0.0646 e. The van der Waals surface area contributed by atoms with Gasteiger partial charge in [0.25, 0.3) is 0 Å². The van der Waals surface area contributed by atoms with Gasteiger partial charge in [-0.2, -0.15) is 0 Å². The molecule has 0 N–H and O–H groups in total. The van der Waals surface area contributed by atoms with Crippen LogP contribution in [-0.2, 0) is 5.41 Å². The molecule has 1 aliphatic rings. The molecule has 0 aromatic heterocycles. The van der Waals surface area contributed by atoms with Crippen LogP contribution in [0.15, 0.2) is 24.3 Å². The lowest BCUT2D eigenvalue weighted by Crippen LogP contribution is -2.14. The number of hydrogen-bond acceptors (Lipinski definition) is 0. The summed E-state index contributed by atoms with van der Waals surface area (Å²) in [6.07, 6.45) is 7.19. The van der Waals surface area contributed by atoms with Crippen LogP contribution in [0, 0.1) is 6.92 Å². The second kappa shape index (κ2) is 7.58. The zero-order chi connectivity index (χ0) is 14.0. The first-order valence-corrected chi connectivity index (χ1v) is 6.63. The third-order valence-electron chi connectivity index (χ3n) is 3.72. The molecule has 0 bridgehead atoms. The molecule has 0 unspecified atom stereocenters. The van der Waals surface area contributed by atoms with E-state index < -0.39 is 0 Å². The Labute approximate surface area is 111 Å². The fourth-order valence-corrected chi connectivity index (χ4v) is 1.46. The highest BCUT2D eigenvalue weighted by Crippen LogP contribution is 2.26. The molecule has 2 radical (unpaired) electrons. The lowest BCUT2D eigenvalue weighted by Gasteiger charge is -2.23. The van der Waals surface area contributed by atoms with Crippen molar-refractivity contribution in [2.75, 3.05) is 0 Å². The van der Waals surface area contributed by atoms with Crippen molar-refractivity contribution in [2.45, 2.75) is 65.2 Å². The van der Waals surface area contributed by atoms with Crippen molar-refractivity contribution in [1.29, 1.82) is 1.34 Å². The molecule has 0 aliphatic heterocycles. The number of hydrogen-bond donors (Lipinski definition) is 0. The average molecular weight is 231 g/mol. The highest BCUT2D eigenvalue weighted by molar-refractivity contribution is 5.75. The van der Waals surface area contributed by atoms with Crippen LogP contribution >= 0.6 is 0 Å². The maximum atomic E-state index is 5.25. The van der Waals surface area contributed by atoms with Gasteiger partial charge in [0.2, 0.25) is 0 Å². The Morgan fingerprint density at radius 1 is 1.06 bits per heavy atom. The Hall–Kier alpha value is -0.715. The normalized spacial score (nSPS) is 14.2. The van der Waals surface area contributed by atoms with Crippen LogP contribution in [0.2, 0.25) is 0 Å². The van der Waals surface area contributed by atoms with E-state index in [-0.39, 0.29) is 0 Å². The third kappa shape index (κ3) is 5.43. The van der Waals surface area contributed by atoms with Crippen molar-refractivity contribution < 1.29 is 0 Å². The minimum Gasteiger partial charge on any atom is -0.0646 e. The van der Waals surface area contributed by atoms with E-state index in [1.807, 2.05) is 0 Å². The van der Waals surface area contributed by atoms with E-state index in [1.54, 1.807) is 0 Å². The van der Waals surface area contributed by atoms with Gasteiger partial charge in [-0.1, -0.05) is 76.3 Å². The summed E-state index contributed by atoms with van der Waals surface area (Å²) in [7, 11) is 3.75. The molecule has 0 nitrogen and oxygen atoms in total. The van der Waals surface area contributed by atoms with Gasteiger partial charge in [0, 0.05) is 8.38 Å². The summed E-state index contributed by atoms with van der Waals surface area (Å²) in [5.41, 5.74) is 3.11. The van der Waals surface area contributed by atoms with Gasteiger partial charge >= 0.3 is 0 Å². The molecular formula is C16H27B. The SMILES string of the molecule is C1CCC1.CCC(C)(C)c1ccc(C)cc1.[2H][B]. The molecule has 0 heterocycles. The molecule has 2 rings (SSSR count). The van der Waals surface area contributed by atoms with Crippen LogP contribution in [0.3, 0.4) is 0 Å². The van der Waals surface area contributed by atoms with Crippen molar-refractivity contribution >= 4 is 8.38 Å². The van der Waals surface area contributed by atoms with Gasteiger partial charge in [0.05, 0.1) is 0 Å². The summed E-state index contributed by atoms with van der Waals surface area (Å²) in [6.45, 7) is 8.94. The fourth-order valence-electron chi connectivity index (χ4n) is 1.46. The van der Waals surface area contributed by atoms with E-state index >= 15 is 0 Å². The molecule has 1 fully saturated rings. The van der Waals surface area contributed by atoms with Crippen molar-refractivity contribution in [2.24, 2.45) is 0 Å². The van der Waals surface area contributed by atoms with Crippen molar-refractivity contribution in [3.05, 3.63) is 35.4 Å². The van der Waals surface area contributed by atoms with Crippen LogP contribution in [0.5, 0.6) is 0 Å². The van der Waals surface area contributed by atoms with Crippen LogP contribution < -0.4 is 0 Å². The lowest BCUT2D eigenvalue weighted by atomic mass is 9.82. The lowest BCUT2D eigenvalue weighted by molar-refractivity contribution is 0.504. The van der Waals surface area contributed by atoms with E-state index in [2.05, 4.69) is 60.3 Å². The number of rotatable bonds is 2. The topological polar surface area (TPSA) is 0 Å². The van der Waals surface area contributed by atoms with Crippen LogP contribution in [0.25, 0.3) is 0 Å². The van der Waals surface area contributed by atoms with E-state index in [9.17, 15) is 0 Å². The summed E-state index contributed by atoms with van der Waals surface area (Å²) in [5.74, 6) is 0. The monoisotopic (exact) mass is 231 g/mol. The Morgan fingerprint density at radius 3 is 1.76 bits per heavy atom. The molecule has 94 valence electrons. The Kier molecular flexibility index (Phi) is 6.40. The van der Waals surface area contributed by atoms with Crippen molar-refractivity contribution in [3.63, 3.8) is 0 Å². The van der Waals surface area contributed by atoms with Crippen molar-refractivity contribution in [3.8, 4) is 0 Å². The van der Waals surface area contributed by atoms with Crippen LogP contribution in [-0.4, -0.2) is 9.71 Å². The van der Waals surface area contributed by atoms with Crippen LogP contribution in [0.4, 0.5) is 0 Å². The maximum Gasteiger partial charge on any atom is 0.0379 e. The molecule has 0 atom stereocenters. The predicted molar refractivity (Wildman–Crippen MR) is 80.1 cm³/mol. The highest BCUT2D eigenvalue weighted by Gasteiger charge is 2.16. The molecule has 1 aromatic carbocycles. The van der Waals surface area contributed by atoms with Gasteiger partial charge < -0.3 is 0 Å². The molecule has 1 aromatic rings. The van der Waals surface area contributed by atoms with E-state index in [4.69, 9.17) is 1.34 Å². The Balaban J connectivity index is 0.000000399. The third-order valence-corrected chi connectivity index (χ3v) is 3.72. The maximum absolute atomic E-state index is 5.25. The van der Waals surface area contributed by atoms with Gasteiger partial charge in [-0.05, 0) is 25.7 Å². The Morgan fingerprint density at radius 2 is 1.47 bits per heavy atom. The summed E-state index contributed by atoms with van der Waals surface area (Å²) >= 11 is 0. The van der Waals surface area contributed by atoms with Gasteiger partial charge in [-0.15, -0.1) is 0 Å². The molecule has 17 heavy (non-hydrogen) atoms. The first kappa shape index (κ1) is 14.3. The second-order valence-corrected chi connectivity index (χ2v) is 5.52. The number of benzene rings is 1. The summed E-state index contributed by atoms with van der Waals surface area (Å²) in [6, 6.07) is 8.84. The minimum atomic E-state index is 0.327.